The van der Waals surface area contributed by atoms with Gasteiger partial charge in [-0.05, 0) is 43.3 Å². The fourth-order valence-electron chi connectivity index (χ4n) is 1.87. The van der Waals surface area contributed by atoms with E-state index in [1.165, 1.54) is 19.1 Å². The largest absolute Gasteiger partial charge is 0.344 e. The van der Waals surface area contributed by atoms with Gasteiger partial charge in [0, 0.05) is 18.3 Å². The minimum atomic E-state index is -0.271. The normalized spacial score (nSPS) is 10.2. The Balaban J connectivity index is 2.42. The van der Waals surface area contributed by atoms with Crippen LogP contribution in [0.2, 0.25) is 0 Å². The van der Waals surface area contributed by atoms with Gasteiger partial charge in [0.25, 0.3) is 0 Å². The minimum Gasteiger partial charge on any atom is -0.344 e. The molecule has 0 saturated carbocycles. The van der Waals surface area contributed by atoms with Gasteiger partial charge in [0.1, 0.15) is 5.82 Å². The molecule has 0 bridgehead atoms. The van der Waals surface area contributed by atoms with Crippen LogP contribution in [-0.4, -0.2) is 12.8 Å². The zero-order valence-corrected chi connectivity index (χ0v) is 10.4. The number of nitrogens with zero attached hydrogens (tertiary/aromatic N) is 1. The number of rotatable bonds is 3. The average molecular weight is 243 g/mol. The van der Waals surface area contributed by atoms with Crippen LogP contribution in [-0.2, 0) is 0 Å². The summed E-state index contributed by atoms with van der Waals surface area (Å²) >= 11 is 0. The van der Waals surface area contributed by atoms with E-state index in [-0.39, 0.29) is 11.6 Å². The Morgan fingerprint density at radius 2 is 1.67 bits per heavy atom. The van der Waals surface area contributed by atoms with E-state index in [0.717, 1.165) is 11.4 Å². The Morgan fingerprint density at radius 3 is 2.28 bits per heavy atom. The number of halogens is 1. The van der Waals surface area contributed by atoms with Crippen molar-refractivity contribution in [1.82, 2.24) is 0 Å². The van der Waals surface area contributed by atoms with Crippen LogP contribution in [0.25, 0.3) is 0 Å². The summed E-state index contributed by atoms with van der Waals surface area (Å²) in [5.41, 5.74) is 2.31. The Morgan fingerprint density at radius 1 is 1.06 bits per heavy atom. The molecule has 0 amide bonds. The number of para-hydroxylation sites is 1. The molecular formula is C15H14FNO. The smallest absolute Gasteiger partial charge is 0.161 e. The Kier molecular flexibility index (Phi) is 3.42. The molecule has 92 valence electrons. The van der Waals surface area contributed by atoms with E-state index >= 15 is 0 Å². The Hall–Kier alpha value is -2.16. The average Bonchev–Trinajstić information content (AvgIpc) is 2.39. The molecule has 0 spiro atoms. The van der Waals surface area contributed by atoms with Crippen LogP contribution in [0.4, 0.5) is 15.8 Å². The second-order valence-corrected chi connectivity index (χ2v) is 4.11. The summed E-state index contributed by atoms with van der Waals surface area (Å²) in [5, 5.41) is 0. The minimum absolute atomic E-state index is 0.0135. The number of hydrogen-bond acceptors (Lipinski definition) is 2. The molecule has 2 aromatic carbocycles. The van der Waals surface area contributed by atoms with Gasteiger partial charge in [-0.15, -0.1) is 0 Å². The van der Waals surface area contributed by atoms with Crippen LogP contribution >= 0.6 is 0 Å². The molecule has 0 fully saturated rings. The fourth-order valence-corrected chi connectivity index (χ4v) is 1.87. The van der Waals surface area contributed by atoms with Crippen molar-refractivity contribution in [2.75, 3.05) is 11.9 Å². The monoisotopic (exact) mass is 243 g/mol. The third-order valence-electron chi connectivity index (χ3n) is 2.86. The first-order valence-corrected chi connectivity index (χ1v) is 5.69. The molecule has 0 aliphatic rings. The fraction of sp³-hybridized carbons (Fsp3) is 0.133. The number of carbonyl (C=O) groups is 1. The summed E-state index contributed by atoms with van der Waals surface area (Å²) in [4.78, 5) is 13.4. The van der Waals surface area contributed by atoms with Gasteiger partial charge in [-0.25, -0.2) is 4.39 Å². The lowest BCUT2D eigenvalue weighted by Crippen LogP contribution is -2.13. The molecule has 0 unspecified atom stereocenters. The number of carbonyl (C=O) groups excluding carboxylic acids is 1. The molecule has 18 heavy (non-hydrogen) atoms. The lowest BCUT2D eigenvalue weighted by molar-refractivity contribution is 0.101. The van der Waals surface area contributed by atoms with E-state index in [4.69, 9.17) is 0 Å². The highest BCUT2D eigenvalue weighted by atomic mass is 19.1. The van der Waals surface area contributed by atoms with Crippen molar-refractivity contribution >= 4 is 17.2 Å². The van der Waals surface area contributed by atoms with Gasteiger partial charge < -0.3 is 4.90 Å². The summed E-state index contributed by atoms with van der Waals surface area (Å²) in [6.45, 7) is 1.54. The highest BCUT2D eigenvalue weighted by Gasteiger charge is 2.11. The van der Waals surface area contributed by atoms with Crippen molar-refractivity contribution in [1.29, 1.82) is 0 Å². The third kappa shape index (κ3) is 2.40. The number of anilines is 2. The van der Waals surface area contributed by atoms with Gasteiger partial charge >= 0.3 is 0 Å². The maximum Gasteiger partial charge on any atom is 0.161 e. The predicted octanol–water partition coefficient (Wildman–Crippen LogP) is 3.80. The highest BCUT2D eigenvalue weighted by Crippen LogP contribution is 2.27. The summed E-state index contributed by atoms with van der Waals surface area (Å²) in [6.07, 6.45) is 0. The van der Waals surface area contributed by atoms with Crippen LogP contribution < -0.4 is 4.90 Å². The van der Waals surface area contributed by atoms with E-state index in [9.17, 15) is 9.18 Å². The Bertz CT molecular complexity index is 563. The van der Waals surface area contributed by atoms with E-state index in [0.29, 0.717) is 5.56 Å². The molecule has 0 aliphatic carbocycles. The molecule has 0 saturated heterocycles. The topological polar surface area (TPSA) is 20.3 Å². The maximum atomic E-state index is 12.9. The van der Waals surface area contributed by atoms with Crippen molar-refractivity contribution < 1.29 is 9.18 Å². The molecule has 0 atom stereocenters. The molecule has 0 aliphatic heterocycles. The summed E-state index contributed by atoms with van der Waals surface area (Å²) in [7, 11) is 1.86. The quantitative estimate of drug-likeness (QED) is 0.764. The van der Waals surface area contributed by atoms with Gasteiger partial charge in [0.05, 0.1) is 5.69 Å². The van der Waals surface area contributed by atoms with Crippen molar-refractivity contribution in [2.45, 2.75) is 6.92 Å². The van der Waals surface area contributed by atoms with E-state index in [1.54, 1.807) is 18.2 Å². The Labute approximate surface area is 106 Å². The first kappa shape index (κ1) is 12.3. The molecule has 3 heteroatoms. The van der Waals surface area contributed by atoms with Crippen molar-refractivity contribution in [3.05, 3.63) is 59.9 Å². The van der Waals surface area contributed by atoms with Crippen LogP contribution in [0, 0.1) is 5.82 Å². The number of ketones is 1. The summed E-state index contributed by atoms with van der Waals surface area (Å²) in [6, 6.07) is 13.6. The van der Waals surface area contributed by atoms with E-state index < -0.39 is 0 Å². The van der Waals surface area contributed by atoms with Gasteiger partial charge in [0.15, 0.2) is 5.78 Å². The first-order chi connectivity index (χ1) is 8.59. The second kappa shape index (κ2) is 5.00. The number of hydrogen-bond donors (Lipinski definition) is 0. The lowest BCUT2D eigenvalue weighted by Gasteiger charge is -2.21. The number of benzene rings is 2. The van der Waals surface area contributed by atoms with Crippen LogP contribution in [0.5, 0.6) is 0 Å². The van der Waals surface area contributed by atoms with Crippen molar-refractivity contribution in [3.8, 4) is 0 Å². The summed E-state index contributed by atoms with van der Waals surface area (Å²) < 4.78 is 12.9. The summed E-state index contributed by atoms with van der Waals surface area (Å²) in [5.74, 6) is -0.258. The molecule has 0 aromatic heterocycles. The van der Waals surface area contributed by atoms with Crippen molar-refractivity contribution in [3.63, 3.8) is 0 Å². The van der Waals surface area contributed by atoms with Crippen LogP contribution in [0.1, 0.15) is 17.3 Å². The standard InChI is InChI=1S/C15H14FNO/c1-11(18)14-5-3-4-6-15(14)17(2)13-9-7-12(16)8-10-13/h3-10H,1-2H3. The van der Waals surface area contributed by atoms with E-state index in [1.807, 2.05) is 30.1 Å². The number of Topliss-reactive ketones (excluding diaryl/α,β-unsaturated/α-hetero) is 1. The lowest BCUT2D eigenvalue weighted by atomic mass is 10.1. The third-order valence-corrected chi connectivity index (χ3v) is 2.86. The highest BCUT2D eigenvalue weighted by molar-refractivity contribution is 6.00. The zero-order chi connectivity index (χ0) is 13.1. The van der Waals surface area contributed by atoms with E-state index in [2.05, 4.69) is 0 Å². The van der Waals surface area contributed by atoms with Crippen LogP contribution in [0.15, 0.2) is 48.5 Å². The van der Waals surface area contributed by atoms with Gasteiger partial charge in [0.2, 0.25) is 0 Å². The van der Waals surface area contributed by atoms with Gasteiger partial charge in [-0.1, -0.05) is 12.1 Å². The maximum absolute atomic E-state index is 12.9. The molecule has 2 aromatic rings. The molecule has 0 radical (unpaired) electrons. The molecule has 0 heterocycles. The first-order valence-electron chi connectivity index (χ1n) is 5.69. The van der Waals surface area contributed by atoms with Gasteiger partial charge in [-0.3, -0.25) is 4.79 Å². The second-order valence-electron chi connectivity index (χ2n) is 4.11. The molecular weight excluding hydrogens is 229 g/mol. The van der Waals surface area contributed by atoms with Crippen molar-refractivity contribution in [2.24, 2.45) is 0 Å². The SMILES string of the molecule is CC(=O)c1ccccc1N(C)c1ccc(F)cc1. The van der Waals surface area contributed by atoms with Gasteiger partial charge in [-0.2, -0.15) is 0 Å². The molecule has 2 rings (SSSR count). The molecule has 0 N–H and O–H groups in total. The predicted molar refractivity (Wildman–Crippen MR) is 70.9 cm³/mol. The molecule has 2 nitrogen and oxygen atoms in total. The van der Waals surface area contributed by atoms with Crippen LogP contribution in [0.3, 0.4) is 0 Å². The zero-order valence-electron chi connectivity index (χ0n) is 10.4.